The molecule has 0 aromatic heterocycles. The highest BCUT2D eigenvalue weighted by molar-refractivity contribution is 5.85. The third-order valence-corrected chi connectivity index (χ3v) is 4.42. The molecule has 1 aromatic carbocycles. The predicted molar refractivity (Wildman–Crippen MR) is 84.6 cm³/mol. The monoisotopic (exact) mass is 344 g/mol. The number of hydrogen-bond donors (Lipinski definition) is 2. The largest absolute Gasteiger partial charge is 0.416 e. The van der Waals surface area contributed by atoms with Crippen LogP contribution >= 0.6 is 0 Å². The number of ether oxygens (including phenoxy) is 1. The van der Waals surface area contributed by atoms with E-state index < -0.39 is 17.3 Å². The van der Waals surface area contributed by atoms with Gasteiger partial charge in [0.1, 0.15) is 5.60 Å². The summed E-state index contributed by atoms with van der Waals surface area (Å²) in [5.74, 6) is -0.161. The van der Waals surface area contributed by atoms with Crippen molar-refractivity contribution in [1.29, 1.82) is 0 Å². The van der Waals surface area contributed by atoms with Crippen LogP contribution in [0.3, 0.4) is 0 Å². The van der Waals surface area contributed by atoms with E-state index in [1.165, 1.54) is 19.2 Å². The van der Waals surface area contributed by atoms with Crippen molar-refractivity contribution in [2.75, 3.05) is 20.2 Å². The Labute approximate surface area is 139 Å². The molecule has 1 fully saturated rings. The maximum atomic E-state index is 12.6. The van der Waals surface area contributed by atoms with Crippen molar-refractivity contribution in [1.82, 2.24) is 10.6 Å². The van der Waals surface area contributed by atoms with E-state index in [0.717, 1.165) is 17.7 Å². The van der Waals surface area contributed by atoms with E-state index in [1.54, 1.807) is 0 Å². The number of alkyl halides is 3. The van der Waals surface area contributed by atoms with Crippen LogP contribution in [0, 0.1) is 0 Å². The fourth-order valence-corrected chi connectivity index (χ4v) is 2.94. The maximum Gasteiger partial charge on any atom is 0.416 e. The Bertz CT molecular complexity index is 552. The van der Waals surface area contributed by atoms with Crippen LogP contribution in [0.1, 0.15) is 30.9 Å². The van der Waals surface area contributed by atoms with Crippen molar-refractivity contribution in [2.45, 2.75) is 44.0 Å². The van der Waals surface area contributed by atoms with Gasteiger partial charge in [-0.3, -0.25) is 4.79 Å². The SMILES string of the molecule is COC1(C(=O)NC(C)Cc2ccc(C(F)(F)F)cc2)CCNCC1. The van der Waals surface area contributed by atoms with Crippen LogP contribution < -0.4 is 10.6 Å². The van der Waals surface area contributed by atoms with Crippen molar-refractivity contribution in [3.63, 3.8) is 0 Å². The van der Waals surface area contributed by atoms with Gasteiger partial charge in [0, 0.05) is 13.2 Å². The number of rotatable bonds is 5. The molecule has 4 nitrogen and oxygen atoms in total. The van der Waals surface area contributed by atoms with E-state index in [1.807, 2.05) is 6.92 Å². The minimum absolute atomic E-state index is 0.161. The molecule has 1 atom stereocenters. The maximum absolute atomic E-state index is 12.6. The van der Waals surface area contributed by atoms with E-state index in [-0.39, 0.29) is 11.9 Å². The van der Waals surface area contributed by atoms with Crippen molar-refractivity contribution in [3.8, 4) is 0 Å². The standard InChI is InChI=1S/C17H23F3N2O2/c1-12(11-13-3-5-14(6-4-13)17(18,19)20)22-15(23)16(24-2)7-9-21-10-8-16/h3-6,12,21H,7-11H2,1-2H3,(H,22,23). The fraction of sp³-hybridized carbons (Fsp3) is 0.588. The van der Waals surface area contributed by atoms with Crippen LogP contribution in [0.25, 0.3) is 0 Å². The van der Waals surface area contributed by atoms with Gasteiger partial charge in [-0.1, -0.05) is 12.1 Å². The molecular formula is C17H23F3N2O2. The quantitative estimate of drug-likeness (QED) is 0.863. The molecule has 134 valence electrons. The molecule has 1 heterocycles. The zero-order valence-corrected chi connectivity index (χ0v) is 13.9. The van der Waals surface area contributed by atoms with Gasteiger partial charge in [0.2, 0.25) is 0 Å². The lowest BCUT2D eigenvalue weighted by molar-refractivity contribution is -0.147. The Kier molecular flexibility index (Phi) is 5.87. The number of amides is 1. The summed E-state index contributed by atoms with van der Waals surface area (Å²) in [6.45, 7) is 3.27. The Morgan fingerprint density at radius 1 is 1.29 bits per heavy atom. The summed E-state index contributed by atoms with van der Waals surface area (Å²) in [6.07, 6.45) is -2.68. The molecule has 0 radical (unpaired) electrons. The summed E-state index contributed by atoms with van der Waals surface area (Å²) in [5, 5.41) is 6.11. The Balaban J connectivity index is 1.95. The lowest BCUT2D eigenvalue weighted by atomic mass is 9.90. The molecule has 1 aromatic rings. The van der Waals surface area contributed by atoms with Gasteiger partial charge in [-0.05, 0) is 57.0 Å². The van der Waals surface area contributed by atoms with Gasteiger partial charge in [-0.25, -0.2) is 0 Å². The van der Waals surface area contributed by atoms with Gasteiger partial charge in [0.25, 0.3) is 5.91 Å². The summed E-state index contributed by atoms with van der Waals surface area (Å²) in [4.78, 5) is 12.5. The Morgan fingerprint density at radius 2 is 1.88 bits per heavy atom. The minimum atomic E-state index is -4.34. The number of nitrogens with one attached hydrogen (secondary N) is 2. The van der Waals surface area contributed by atoms with Crippen LogP contribution in [-0.4, -0.2) is 37.7 Å². The zero-order chi connectivity index (χ0) is 17.8. The smallest absolute Gasteiger partial charge is 0.368 e. The summed E-state index contributed by atoms with van der Waals surface area (Å²) in [6, 6.07) is 4.82. The van der Waals surface area contributed by atoms with E-state index >= 15 is 0 Å². The topological polar surface area (TPSA) is 50.4 Å². The highest BCUT2D eigenvalue weighted by atomic mass is 19.4. The lowest BCUT2D eigenvalue weighted by Gasteiger charge is -2.35. The molecule has 1 saturated heterocycles. The summed E-state index contributed by atoms with van der Waals surface area (Å²) < 4.78 is 43.2. The number of hydrogen-bond acceptors (Lipinski definition) is 3. The van der Waals surface area contributed by atoms with Crippen LogP contribution in [-0.2, 0) is 22.1 Å². The van der Waals surface area contributed by atoms with Gasteiger partial charge >= 0.3 is 6.18 Å². The number of piperidine rings is 1. The number of halogens is 3. The molecule has 24 heavy (non-hydrogen) atoms. The highest BCUT2D eigenvalue weighted by Crippen LogP contribution is 2.29. The molecule has 2 rings (SSSR count). The number of methoxy groups -OCH3 is 1. The van der Waals surface area contributed by atoms with Gasteiger partial charge in [-0.15, -0.1) is 0 Å². The molecule has 0 aliphatic carbocycles. The second kappa shape index (κ2) is 7.53. The second-order valence-corrected chi connectivity index (χ2v) is 6.22. The predicted octanol–water partition coefficient (Wildman–Crippen LogP) is 2.52. The van der Waals surface area contributed by atoms with Crippen molar-refractivity contribution >= 4 is 5.91 Å². The third kappa shape index (κ3) is 4.48. The summed E-state index contributed by atoms with van der Waals surface area (Å²) >= 11 is 0. The van der Waals surface area contributed by atoms with Crippen LogP contribution in [0.5, 0.6) is 0 Å². The molecule has 1 amide bonds. The average Bonchev–Trinajstić information content (AvgIpc) is 2.55. The molecular weight excluding hydrogens is 321 g/mol. The Hall–Kier alpha value is -1.60. The third-order valence-electron chi connectivity index (χ3n) is 4.42. The van der Waals surface area contributed by atoms with Crippen molar-refractivity contribution in [2.24, 2.45) is 0 Å². The molecule has 0 bridgehead atoms. The lowest BCUT2D eigenvalue weighted by Crippen LogP contribution is -2.55. The first-order chi connectivity index (χ1) is 11.3. The highest BCUT2D eigenvalue weighted by Gasteiger charge is 2.40. The average molecular weight is 344 g/mol. The van der Waals surface area contributed by atoms with E-state index in [0.29, 0.717) is 32.4 Å². The Morgan fingerprint density at radius 3 is 2.38 bits per heavy atom. The van der Waals surface area contributed by atoms with Gasteiger partial charge in [-0.2, -0.15) is 13.2 Å². The first kappa shape index (κ1) is 18.7. The molecule has 7 heteroatoms. The second-order valence-electron chi connectivity index (χ2n) is 6.22. The zero-order valence-electron chi connectivity index (χ0n) is 13.9. The molecule has 2 N–H and O–H groups in total. The number of benzene rings is 1. The molecule has 1 unspecified atom stereocenters. The molecule has 1 aliphatic rings. The first-order valence-electron chi connectivity index (χ1n) is 8.00. The van der Waals surface area contributed by atoms with Crippen LogP contribution in [0.2, 0.25) is 0 Å². The fourth-order valence-electron chi connectivity index (χ4n) is 2.94. The van der Waals surface area contributed by atoms with E-state index in [2.05, 4.69) is 10.6 Å². The summed E-state index contributed by atoms with van der Waals surface area (Å²) in [7, 11) is 1.53. The number of carbonyl (C=O) groups is 1. The van der Waals surface area contributed by atoms with Gasteiger partial charge in [0.05, 0.1) is 5.56 Å². The molecule has 1 aliphatic heterocycles. The number of carbonyl (C=O) groups excluding carboxylic acids is 1. The molecule has 0 saturated carbocycles. The van der Waals surface area contributed by atoms with Crippen LogP contribution in [0.4, 0.5) is 13.2 Å². The van der Waals surface area contributed by atoms with E-state index in [9.17, 15) is 18.0 Å². The van der Waals surface area contributed by atoms with E-state index in [4.69, 9.17) is 4.74 Å². The van der Waals surface area contributed by atoms with Gasteiger partial charge < -0.3 is 15.4 Å². The minimum Gasteiger partial charge on any atom is -0.368 e. The summed E-state index contributed by atoms with van der Waals surface area (Å²) in [5.41, 5.74) is -0.747. The van der Waals surface area contributed by atoms with Crippen molar-refractivity contribution < 1.29 is 22.7 Å². The van der Waals surface area contributed by atoms with Gasteiger partial charge in [0.15, 0.2) is 0 Å². The van der Waals surface area contributed by atoms with Crippen LogP contribution in [0.15, 0.2) is 24.3 Å². The molecule has 0 spiro atoms. The normalized spacial score (nSPS) is 18.9. The first-order valence-corrected chi connectivity index (χ1v) is 8.00. The van der Waals surface area contributed by atoms with Crippen molar-refractivity contribution in [3.05, 3.63) is 35.4 Å².